The lowest BCUT2D eigenvalue weighted by Crippen LogP contribution is -1.97. The van der Waals surface area contributed by atoms with Crippen molar-refractivity contribution in [3.05, 3.63) is 72.8 Å². The van der Waals surface area contributed by atoms with E-state index in [1.165, 1.54) is 0 Å². The fourth-order valence-corrected chi connectivity index (χ4v) is 4.08. The number of hydrogen-bond donors (Lipinski definition) is 1. The number of benzene rings is 4. The molecule has 0 fully saturated rings. The van der Waals surface area contributed by atoms with Crippen molar-refractivity contribution in [3.63, 3.8) is 0 Å². The molecule has 4 rings (SSSR count). The summed E-state index contributed by atoms with van der Waals surface area (Å²) in [6.07, 6.45) is 0.445. The van der Waals surface area contributed by atoms with Crippen molar-refractivity contribution >= 4 is 28.9 Å². The van der Waals surface area contributed by atoms with Gasteiger partial charge in [-0.05, 0) is 33.7 Å². The maximum Gasteiger partial charge on any atom is 0.244 e. The van der Waals surface area contributed by atoms with Crippen LogP contribution in [0.2, 0.25) is 0 Å². The van der Waals surface area contributed by atoms with E-state index in [0.717, 1.165) is 27.1 Å². The third kappa shape index (κ3) is 3.20. The zero-order valence-corrected chi connectivity index (χ0v) is 16.2. The summed E-state index contributed by atoms with van der Waals surface area (Å²) < 4.78 is 18.7. The molecule has 0 aliphatic carbocycles. The summed E-state index contributed by atoms with van der Waals surface area (Å²) in [5.74, 6) is 0.713. The van der Waals surface area contributed by atoms with E-state index in [4.69, 9.17) is 4.52 Å². The van der Waals surface area contributed by atoms with Crippen LogP contribution in [0.1, 0.15) is 6.92 Å². The number of phenols is 1. The summed E-state index contributed by atoms with van der Waals surface area (Å²) in [7, 11) is -2.78. The zero-order chi connectivity index (χ0) is 19.0. The second-order valence-electron chi connectivity index (χ2n) is 6.76. The van der Waals surface area contributed by atoms with Crippen molar-refractivity contribution in [2.45, 2.75) is 6.92 Å². The van der Waals surface area contributed by atoms with Crippen molar-refractivity contribution in [1.82, 2.24) is 0 Å². The molecule has 0 saturated heterocycles. The molecule has 0 saturated carbocycles. The smallest absolute Gasteiger partial charge is 0.244 e. The van der Waals surface area contributed by atoms with Crippen LogP contribution in [0.5, 0.6) is 11.5 Å². The Morgan fingerprint density at radius 1 is 0.815 bits per heavy atom. The topological polar surface area (TPSA) is 46.5 Å². The van der Waals surface area contributed by atoms with Gasteiger partial charge in [-0.1, -0.05) is 67.6 Å². The van der Waals surface area contributed by atoms with E-state index in [1.54, 1.807) is 12.7 Å². The molecule has 27 heavy (non-hydrogen) atoms. The Morgan fingerprint density at radius 3 is 2.00 bits per heavy atom. The Labute approximate surface area is 158 Å². The average Bonchev–Trinajstić information content (AvgIpc) is 2.68. The van der Waals surface area contributed by atoms with E-state index in [9.17, 15) is 9.67 Å². The molecule has 0 heterocycles. The van der Waals surface area contributed by atoms with Crippen LogP contribution in [-0.4, -0.2) is 17.9 Å². The van der Waals surface area contributed by atoms with Gasteiger partial charge in [0.05, 0.1) is 0 Å². The molecule has 0 amide bonds. The Kier molecular flexibility index (Phi) is 4.41. The maximum atomic E-state index is 12.7. The normalized spacial score (nSPS) is 13.6. The summed E-state index contributed by atoms with van der Waals surface area (Å²) in [6, 6.07) is 23.3. The number of fused-ring (bicyclic) bond motifs is 2. The van der Waals surface area contributed by atoms with Crippen LogP contribution in [0, 0.1) is 0 Å². The minimum atomic E-state index is -2.78. The first-order valence-electron chi connectivity index (χ1n) is 8.99. The van der Waals surface area contributed by atoms with E-state index in [1.807, 2.05) is 73.7 Å². The van der Waals surface area contributed by atoms with Crippen molar-refractivity contribution in [1.29, 1.82) is 0 Å². The van der Waals surface area contributed by atoms with Gasteiger partial charge in [-0.25, -0.2) is 0 Å². The highest BCUT2D eigenvalue weighted by Gasteiger charge is 2.22. The highest BCUT2D eigenvalue weighted by atomic mass is 31.2. The lowest BCUT2D eigenvalue weighted by atomic mass is 9.92. The second kappa shape index (κ2) is 6.75. The Morgan fingerprint density at radius 2 is 1.37 bits per heavy atom. The average molecular weight is 376 g/mol. The maximum absolute atomic E-state index is 12.7. The molecular formula is C23H21O3P. The molecule has 1 atom stereocenters. The molecule has 4 aromatic carbocycles. The highest BCUT2D eigenvalue weighted by molar-refractivity contribution is 7.58. The minimum Gasteiger partial charge on any atom is -0.507 e. The van der Waals surface area contributed by atoms with Crippen LogP contribution >= 0.6 is 7.37 Å². The van der Waals surface area contributed by atoms with E-state index in [2.05, 4.69) is 0 Å². The fraction of sp³-hybridized carbons (Fsp3) is 0.130. The fourth-order valence-electron chi connectivity index (χ4n) is 3.38. The molecule has 0 radical (unpaired) electrons. The van der Waals surface area contributed by atoms with Gasteiger partial charge in [0.1, 0.15) is 11.5 Å². The Hall–Kier alpha value is -2.77. The van der Waals surface area contributed by atoms with Crippen LogP contribution in [0.25, 0.3) is 32.7 Å². The largest absolute Gasteiger partial charge is 0.507 e. The first kappa shape index (κ1) is 17.6. The molecule has 0 aliphatic heterocycles. The van der Waals surface area contributed by atoms with Gasteiger partial charge in [0, 0.05) is 24.0 Å². The minimum absolute atomic E-state index is 0.178. The number of aromatic hydroxyl groups is 1. The lowest BCUT2D eigenvalue weighted by Gasteiger charge is -2.20. The van der Waals surface area contributed by atoms with E-state index in [0.29, 0.717) is 17.5 Å². The zero-order valence-electron chi connectivity index (χ0n) is 15.3. The lowest BCUT2D eigenvalue weighted by molar-refractivity contribution is 0.476. The van der Waals surface area contributed by atoms with Crippen molar-refractivity contribution < 1.29 is 14.2 Å². The predicted octanol–water partition coefficient (Wildman–Crippen LogP) is 6.67. The Bertz CT molecular complexity index is 1200. The Balaban J connectivity index is 2.12. The molecule has 3 nitrogen and oxygen atoms in total. The summed E-state index contributed by atoms with van der Waals surface area (Å²) in [5, 5.41) is 14.7. The number of hydrogen-bond acceptors (Lipinski definition) is 3. The molecule has 136 valence electrons. The molecule has 4 aromatic rings. The van der Waals surface area contributed by atoms with Crippen LogP contribution < -0.4 is 4.52 Å². The molecule has 0 aliphatic rings. The third-order valence-electron chi connectivity index (χ3n) is 4.91. The monoisotopic (exact) mass is 376 g/mol. The van der Waals surface area contributed by atoms with Gasteiger partial charge >= 0.3 is 0 Å². The molecule has 4 heteroatoms. The van der Waals surface area contributed by atoms with Crippen LogP contribution in [0.4, 0.5) is 0 Å². The van der Waals surface area contributed by atoms with E-state index >= 15 is 0 Å². The van der Waals surface area contributed by atoms with E-state index in [-0.39, 0.29) is 5.75 Å². The van der Waals surface area contributed by atoms with E-state index < -0.39 is 7.37 Å². The van der Waals surface area contributed by atoms with Crippen LogP contribution in [0.3, 0.4) is 0 Å². The molecule has 1 N–H and O–H groups in total. The van der Waals surface area contributed by atoms with Crippen molar-refractivity contribution in [2.75, 3.05) is 12.8 Å². The van der Waals surface area contributed by atoms with Crippen molar-refractivity contribution in [3.8, 4) is 22.6 Å². The number of rotatable bonds is 4. The van der Waals surface area contributed by atoms with Gasteiger partial charge in [0.15, 0.2) is 0 Å². The summed E-state index contributed by atoms with van der Waals surface area (Å²) in [5.41, 5.74) is 1.48. The highest BCUT2D eigenvalue weighted by Crippen LogP contribution is 2.50. The standard InChI is InChI=1S/C23H21O3P/c1-3-27(2,25)26-21-15-13-17-9-5-7-11-19(17)23(21)22-18-10-6-4-8-16(18)12-14-20(22)24/h4-15,24H,3H2,1-2H3. The van der Waals surface area contributed by atoms with Gasteiger partial charge in [0.25, 0.3) is 0 Å². The summed E-state index contributed by atoms with van der Waals surface area (Å²) in [4.78, 5) is 0. The molecule has 0 bridgehead atoms. The molecule has 0 spiro atoms. The quantitative estimate of drug-likeness (QED) is 0.405. The molecule has 0 aromatic heterocycles. The summed E-state index contributed by atoms with van der Waals surface area (Å²) in [6.45, 7) is 3.51. The molecule has 1 unspecified atom stereocenters. The van der Waals surface area contributed by atoms with Gasteiger partial charge in [-0.3, -0.25) is 4.57 Å². The van der Waals surface area contributed by atoms with Gasteiger partial charge in [-0.15, -0.1) is 0 Å². The first-order chi connectivity index (χ1) is 13.0. The SMILES string of the molecule is CCP(C)(=O)Oc1ccc2ccccc2c1-c1c(O)ccc2ccccc12. The first-order valence-corrected chi connectivity index (χ1v) is 11.2. The van der Waals surface area contributed by atoms with Gasteiger partial charge in [-0.2, -0.15) is 0 Å². The van der Waals surface area contributed by atoms with Crippen LogP contribution in [0.15, 0.2) is 72.8 Å². The predicted molar refractivity (Wildman–Crippen MR) is 113 cm³/mol. The van der Waals surface area contributed by atoms with Gasteiger partial charge < -0.3 is 9.63 Å². The third-order valence-corrected chi connectivity index (χ3v) is 6.65. The number of phenolic OH excluding ortho intramolecular Hbond substituents is 1. The van der Waals surface area contributed by atoms with Gasteiger partial charge in [0.2, 0.25) is 7.37 Å². The second-order valence-corrected chi connectivity index (χ2v) is 9.61. The van der Waals surface area contributed by atoms with Crippen LogP contribution in [-0.2, 0) is 4.57 Å². The molecular weight excluding hydrogens is 355 g/mol. The summed E-state index contributed by atoms with van der Waals surface area (Å²) >= 11 is 0. The van der Waals surface area contributed by atoms with Crippen molar-refractivity contribution in [2.24, 2.45) is 0 Å².